The van der Waals surface area contributed by atoms with E-state index in [-0.39, 0.29) is 13.2 Å². The lowest BCUT2D eigenvalue weighted by atomic mass is 10.1. The molecule has 1 fully saturated rings. The van der Waals surface area contributed by atoms with Crippen LogP contribution in [-0.2, 0) is 18.3 Å². The molecule has 0 radical (unpaired) electrons. The van der Waals surface area contributed by atoms with Gasteiger partial charge in [-0.25, -0.2) is 0 Å². The molecule has 5 atom stereocenters. The molecule has 1 aliphatic heterocycles. The van der Waals surface area contributed by atoms with Gasteiger partial charge in [-0.2, -0.15) is 0 Å². The fourth-order valence-electron chi connectivity index (χ4n) is 1.90. The van der Waals surface area contributed by atoms with Gasteiger partial charge in [0.2, 0.25) is 0 Å². The second-order valence-electron chi connectivity index (χ2n) is 4.09. The first kappa shape index (κ1) is 17.0. The van der Waals surface area contributed by atoms with Crippen LogP contribution >= 0.6 is 7.60 Å². The zero-order valence-corrected chi connectivity index (χ0v) is 11.8. The molecule has 0 aromatic heterocycles. The first-order chi connectivity index (χ1) is 8.91. The van der Waals surface area contributed by atoms with Crippen molar-refractivity contribution in [1.29, 1.82) is 0 Å². The maximum absolute atomic E-state index is 12.3. The Hall–Kier alpha value is -0.0500. The van der Waals surface area contributed by atoms with E-state index in [1.165, 1.54) is 0 Å². The highest BCUT2D eigenvalue weighted by atomic mass is 31.2. The van der Waals surface area contributed by atoms with Gasteiger partial charge in [-0.15, -0.1) is 0 Å². The van der Waals surface area contributed by atoms with E-state index in [1.54, 1.807) is 13.8 Å². The summed E-state index contributed by atoms with van der Waals surface area (Å²) in [6.07, 6.45) is -5.26. The molecule has 19 heavy (non-hydrogen) atoms. The van der Waals surface area contributed by atoms with Crippen LogP contribution in [0, 0.1) is 0 Å². The number of hydrogen-bond acceptors (Lipinski definition) is 8. The van der Waals surface area contributed by atoms with Crippen LogP contribution in [0.25, 0.3) is 0 Å². The lowest BCUT2D eigenvalue weighted by Crippen LogP contribution is -2.39. The molecule has 1 rings (SSSR count). The number of ether oxygens (including phenoxy) is 1. The monoisotopic (exact) mass is 300 g/mol. The predicted molar refractivity (Wildman–Crippen MR) is 64.6 cm³/mol. The largest absolute Gasteiger partial charge is 0.394 e. The molecule has 1 heterocycles. The van der Waals surface area contributed by atoms with Gasteiger partial charge in [-0.05, 0) is 13.8 Å². The molecule has 8 nitrogen and oxygen atoms in total. The molecule has 9 heteroatoms. The third kappa shape index (κ3) is 3.53. The van der Waals surface area contributed by atoms with Gasteiger partial charge in [-0.3, -0.25) is 4.57 Å². The maximum atomic E-state index is 12.3. The Bertz CT molecular complexity index is 315. The SMILES string of the molecule is CCOP(=O)(OCC)C(O)[C@@H]1O[C@H](CO)[C@@H](O)[C@@H]1O. The van der Waals surface area contributed by atoms with Crippen molar-refractivity contribution in [3.8, 4) is 0 Å². The summed E-state index contributed by atoms with van der Waals surface area (Å²) >= 11 is 0. The summed E-state index contributed by atoms with van der Waals surface area (Å²) < 4.78 is 27.3. The standard InChI is InChI=1S/C10H21O8P/c1-3-16-19(15,17-4-2)10(14)9-8(13)7(12)6(5-11)18-9/h6-14H,3-5H2,1-2H3/t6-,7-,8+,9-,10?/m1/s1. The summed E-state index contributed by atoms with van der Waals surface area (Å²) in [5, 5.41) is 38.3. The van der Waals surface area contributed by atoms with Gasteiger partial charge in [0, 0.05) is 0 Å². The fraction of sp³-hybridized carbons (Fsp3) is 1.00. The van der Waals surface area contributed by atoms with Crippen LogP contribution in [0.1, 0.15) is 13.8 Å². The minimum absolute atomic E-state index is 0.0448. The molecule has 1 aliphatic rings. The van der Waals surface area contributed by atoms with E-state index < -0.39 is 44.5 Å². The van der Waals surface area contributed by atoms with Crippen molar-refractivity contribution < 1.29 is 38.8 Å². The lowest BCUT2D eigenvalue weighted by Gasteiger charge is -2.27. The first-order valence-corrected chi connectivity index (χ1v) is 7.71. The molecule has 0 bridgehead atoms. The number of aliphatic hydroxyl groups is 4. The molecule has 1 saturated heterocycles. The van der Waals surface area contributed by atoms with Gasteiger partial charge in [0.25, 0.3) is 0 Å². The Balaban J connectivity index is 2.86. The Labute approximate surface area is 111 Å². The van der Waals surface area contributed by atoms with E-state index in [1.807, 2.05) is 0 Å². The first-order valence-electron chi connectivity index (χ1n) is 6.10. The lowest BCUT2D eigenvalue weighted by molar-refractivity contribution is -0.0588. The molecule has 0 amide bonds. The molecule has 0 saturated carbocycles. The highest BCUT2D eigenvalue weighted by Gasteiger charge is 2.52. The molecule has 0 aromatic rings. The van der Waals surface area contributed by atoms with Crippen LogP contribution in [0.3, 0.4) is 0 Å². The zero-order valence-electron chi connectivity index (χ0n) is 10.9. The fourth-order valence-corrected chi connectivity index (χ4v) is 3.61. The third-order valence-electron chi connectivity index (χ3n) is 2.82. The second-order valence-corrected chi connectivity index (χ2v) is 6.22. The van der Waals surface area contributed by atoms with Crippen molar-refractivity contribution in [3.63, 3.8) is 0 Å². The Morgan fingerprint density at radius 3 is 2.11 bits per heavy atom. The van der Waals surface area contributed by atoms with E-state index in [2.05, 4.69) is 0 Å². The summed E-state index contributed by atoms with van der Waals surface area (Å²) in [4.78, 5) is 0. The summed E-state index contributed by atoms with van der Waals surface area (Å²) in [6.45, 7) is 2.71. The van der Waals surface area contributed by atoms with E-state index in [0.717, 1.165) is 0 Å². The quantitative estimate of drug-likeness (QED) is 0.444. The summed E-state index contributed by atoms with van der Waals surface area (Å²) in [5.41, 5.74) is 0. The molecule has 0 spiro atoms. The predicted octanol–water partition coefficient (Wildman–Crippen LogP) is -0.948. The summed E-state index contributed by atoms with van der Waals surface area (Å²) in [6, 6.07) is 0. The maximum Gasteiger partial charge on any atom is 0.361 e. The van der Waals surface area contributed by atoms with Crippen LogP contribution in [0.15, 0.2) is 0 Å². The number of aliphatic hydroxyl groups excluding tert-OH is 4. The molecule has 114 valence electrons. The van der Waals surface area contributed by atoms with E-state index in [9.17, 15) is 19.9 Å². The van der Waals surface area contributed by atoms with Crippen LogP contribution < -0.4 is 0 Å². The normalized spacial score (nSPS) is 33.6. The molecular weight excluding hydrogens is 279 g/mol. The third-order valence-corrected chi connectivity index (χ3v) is 4.99. The second kappa shape index (κ2) is 7.10. The topological polar surface area (TPSA) is 126 Å². The molecular formula is C10H21O8P. The molecule has 4 N–H and O–H groups in total. The summed E-state index contributed by atoms with van der Waals surface area (Å²) in [7, 11) is -3.88. The number of hydrogen-bond donors (Lipinski definition) is 4. The Morgan fingerprint density at radius 1 is 1.21 bits per heavy atom. The van der Waals surface area contributed by atoms with Crippen LogP contribution in [0.2, 0.25) is 0 Å². The van der Waals surface area contributed by atoms with Crippen LogP contribution in [0.5, 0.6) is 0 Å². The summed E-state index contributed by atoms with van der Waals surface area (Å²) in [5.74, 6) is -1.74. The highest BCUT2D eigenvalue weighted by molar-refractivity contribution is 7.54. The van der Waals surface area contributed by atoms with Crippen molar-refractivity contribution in [1.82, 2.24) is 0 Å². The van der Waals surface area contributed by atoms with Crippen molar-refractivity contribution in [2.45, 2.75) is 44.1 Å². The number of rotatable bonds is 7. The van der Waals surface area contributed by atoms with Crippen molar-refractivity contribution in [2.75, 3.05) is 19.8 Å². The Kier molecular flexibility index (Phi) is 6.35. The van der Waals surface area contributed by atoms with Crippen molar-refractivity contribution in [2.24, 2.45) is 0 Å². The highest BCUT2D eigenvalue weighted by Crippen LogP contribution is 2.54. The Morgan fingerprint density at radius 2 is 1.74 bits per heavy atom. The van der Waals surface area contributed by atoms with Gasteiger partial charge >= 0.3 is 7.60 Å². The van der Waals surface area contributed by atoms with Gasteiger partial charge in [0.05, 0.1) is 19.8 Å². The van der Waals surface area contributed by atoms with Gasteiger partial charge in [0.1, 0.15) is 24.4 Å². The molecule has 1 unspecified atom stereocenters. The van der Waals surface area contributed by atoms with Crippen molar-refractivity contribution >= 4 is 7.60 Å². The van der Waals surface area contributed by atoms with Crippen LogP contribution in [0.4, 0.5) is 0 Å². The average Bonchev–Trinajstić information content (AvgIpc) is 2.66. The van der Waals surface area contributed by atoms with E-state index in [0.29, 0.717) is 0 Å². The minimum atomic E-state index is -3.88. The minimum Gasteiger partial charge on any atom is -0.394 e. The zero-order chi connectivity index (χ0) is 14.6. The van der Waals surface area contributed by atoms with Gasteiger partial charge in [-0.1, -0.05) is 0 Å². The average molecular weight is 300 g/mol. The van der Waals surface area contributed by atoms with E-state index >= 15 is 0 Å². The van der Waals surface area contributed by atoms with Crippen LogP contribution in [-0.4, -0.2) is 70.5 Å². The van der Waals surface area contributed by atoms with E-state index in [4.69, 9.17) is 18.9 Å². The molecule has 0 aliphatic carbocycles. The van der Waals surface area contributed by atoms with Gasteiger partial charge in [0.15, 0.2) is 5.85 Å². The smallest absolute Gasteiger partial charge is 0.361 e. The van der Waals surface area contributed by atoms with Crippen molar-refractivity contribution in [3.05, 3.63) is 0 Å². The van der Waals surface area contributed by atoms with Gasteiger partial charge < -0.3 is 34.2 Å². The molecule has 0 aromatic carbocycles.